The van der Waals surface area contributed by atoms with Gasteiger partial charge in [0.2, 0.25) is 0 Å². The lowest BCUT2D eigenvalue weighted by Crippen LogP contribution is -2.40. The van der Waals surface area contributed by atoms with Gasteiger partial charge in [0.25, 0.3) is 5.91 Å². The predicted octanol–water partition coefficient (Wildman–Crippen LogP) is 2.80. The van der Waals surface area contributed by atoms with Gasteiger partial charge in [-0.05, 0) is 49.4 Å². The Hall–Kier alpha value is -2.36. The Morgan fingerprint density at radius 2 is 2.24 bits per heavy atom. The molecule has 0 spiro atoms. The average molecular weight is 285 g/mol. The van der Waals surface area contributed by atoms with Crippen molar-refractivity contribution in [3.05, 3.63) is 53.1 Å². The third-order valence-corrected chi connectivity index (χ3v) is 3.49. The van der Waals surface area contributed by atoms with Gasteiger partial charge in [0.05, 0.1) is 0 Å². The van der Waals surface area contributed by atoms with Crippen LogP contribution >= 0.6 is 0 Å². The molecule has 1 unspecified atom stereocenters. The standard InChI is InChI=1S/C17H19NO3/c1-2-3-8-15(17(20)21)18-16(19)14-10-9-12-6-4-5-7-13(12)11-14/h2-4,6,9-11,15H,5,7-8H2,1H3,(H,18,19)(H,20,21)/b3-2+. The van der Waals surface area contributed by atoms with Gasteiger partial charge >= 0.3 is 5.97 Å². The molecule has 0 saturated heterocycles. The van der Waals surface area contributed by atoms with E-state index in [1.807, 2.05) is 25.1 Å². The van der Waals surface area contributed by atoms with Crippen molar-refractivity contribution in [1.29, 1.82) is 0 Å². The predicted molar refractivity (Wildman–Crippen MR) is 82.1 cm³/mol. The largest absolute Gasteiger partial charge is 0.480 e. The van der Waals surface area contributed by atoms with Gasteiger partial charge < -0.3 is 10.4 Å². The molecule has 0 radical (unpaired) electrons. The van der Waals surface area contributed by atoms with E-state index in [1.165, 1.54) is 0 Å². The molecule has 0 aliphatic heterocycles. The molecule has 2 rings (SSSR count). The van der Waals surface area contributed by atoms with Crippen LogP contribution in [0.3, 0.4) is 0 Å². The highest BCUT2D eigenvalue weighted by atomic mass is 16.4. The molecule has 4 nitrogen and oxygen atoms in total. The van der Waals surface area contributed by atoms with Crippen LogP contribution in [0.2, 0.25) is 0 Å². The molecule has 1 aromatic rings. The summed E-state index contributed by atoms with van der Waals surface area (Å²) in [5.41, 5.74) is 2.77. The minimum atomic E-state index is -1.03. The quantitative estimate of drug-likeness (QED) is 0.817. The second-order valence-corrected chi connectivity index (χ2v) is 5.02. The number of carbonyl (C=O) groups excluding carboxylic acids is 1. The van der Waals surface area contributed by atoms with Crippen LogP contribution in [0.25, 0.3) is 6.08 Å². The Kier molecular flexibility index (Phi) is 4.93. The Morgan fingerprint density at radius 1 is 1.43 bits per heavy atom. The van der Waals surface area contributed by atoms with E-state index in [-0.39, 0.29) is 12.3 Å². The Bertz CT molecular complexity index is 602. The van der Waals surface area contributed by atoms with E-state index in [0.29, 0.717) is 5.56 Å². The molecule has 2 N–H and O–H groups in total. The van der Waals surface area contributed by atoms with Crippen molar-refractivity contribution in [3.63, 3.8) is 0 Å². The van der Waals surface area contributed by atoms with Crippen molar-refractivity contribution < 1.29 is 14.7 Å². The van der Waals surface area contributed by atoms with Gasteiger partial charge in [0, 0.05) is 5.56 Å². The first-order valence-electron chi connectivity index (χ1n) is 7.06. The number of nitrogens with one attached hydrogen (secondary N) is 1. The maximum Gasteiger partial charge on any atom is 0.326 e. The topological polar surface area (TPSA) is 66.4 Å². The van der Waals surface area contributed by atoms with Crippen molar-refractivity contribution in [2.45, 2.75) is 32.2 Å². The van der Waals surface area contributed by atoms with Crippen LogP contribution in [-0.2, 0) is 11.2 Å². The average Bonchev–Trinajstić information content (AvgIpc) is 2.50. The van der Waals surface area contributed by atoms with E-state index in [0.717, 1.165) is 24.0 Å². The number of aliphatic carboxylic acids is 1. The normalized spacial score (nSPS) is 14.7. The number of carboxylic acids is 1. The maximum absolute atomic E-state index is 12.2. The van der Waals surface area contributed by atoms with Crippen molar-refractivity contribution in [2.75, 3.05) is 0 Å². The summed E-state index contributed by atoms with van der Waals surface area (Å²) >= 11 is 0. The number of hydrogen-bond acceptors (Lipinski definition) is 2. The summed E-state index contributed by atoms with van der Waals surface area (Å²) in [7, 11) is 0. The molecule has 110 valence electrons. The lowest BCUT2D eigenvalue weighted by atomic mass is 9.95. The second kappa shape index (κ2) is 6.88. The summed E-state index contributed by atoms with van der Waals surface area (Å²) < 4.78 is 0. The first kappa shape index (κ1) is 15.0. The van der Waals surface area contributed by atoms with E-state index in [4.69, 9.17) is 5.11 Å². The Balaban J connectivity index is 2.12. The second-order valence-electron chi connectivity index (χ2n) is 5.02. The molecular weight excluding hydrogens is 266 g/mol. The molecule has 1 atom stereocenters. The van der Waals surface area contributed by atoms with Crippen LogP contribution < -0.4 is 5.32 Å². The van der Waals surface area contributed by atoms with Gasteiger partial charge in [-0.25, -0.2) is 4.79 Å². The lowest BCUT2D eigenvalue weighted by molar-refractivity contribution is -0.139. The molecule has 0 saturated carbocycles. The number of allylic oxidation sites excluding steroid dienone is 2. The third-order valence-electron chi connectivity index (χ3n) is 3.49. The van der Waals surface area contributed by atoms with Crippen LogP contribution in [-0.4, -0.2) is 23.0 Å². The van der Waals surface area contributed by atoms with Crippen molar-refractivity contribution >= 4 is 18.0 Å². The molecular formula is C17H19NO3. The van der Waals surface area contributed by atoms with Gasteiger partial charge in [-0.15, -0.1) is 0 Å². The monoisotopic (exact) mass is 285 g/mol. The first-order valence-corrected chi connectivity index (χ1v) is 7.06. The maximum atomic E-state index is 12.2. The lowest BCUT2D eigenvalue weighted by Gasteiger charge is -2.15. The summed E-state index contributed by atoms with van der Waals surface area (Å²) in [5, 5.41) is 11.7. The number of fused-ring (bicyclic) bond motifs is 1. The molecule has 1 aromatic carbocycles. The van der Waals surface area contributed by atoms with Gasteiger partial charge in [0.15, 0.2) is 0 Å². The van der Waals surface area contributed by atoms with Gasteiger partial charge in [-0.2, -0.15) is 0 Å². The van der Waals surface area contributed by atoms with E-state index in [1.54, 1.807) is 18.2 Å². The first-order chi connectivity index (χ1) is 10.1. The molecule has 1 aliphatic carbocycles. The molecule has 21 heavy (non-hydrogen) atoms. The zero-order valence-electron chi connectivity index (χ0n) is 12.0. The van der Waals surface area contributed by atoms with Crippen molar-refractivity contribution in [3.8, 4) is 0 Å². The van der Waals surface area contributed by atoms with Gasteiger partial charge in [0.1, 0.15) is 6.04 Å². The summed E-state index contributed by atoms with van der Waals surface area (Å²) in [5.74, 6) is -1.37. The van der Waals surface area contributed by atoms with Gasteiger partial charge in [-0.3, -0.25) is 4.79 Å². The molecule has 1 amide bonds. The van der Waals surface area contributed by atoms with E-state index >= 15 is 0 Å². The summed E-state index contributed by atoms with van der Waals surface area (Å²) in [4.78, 5) is 23.3. The van der Waals surface area contributed by atoms with E-state index in [9.17, 15) is 9.59 Å². The van der Waals surface area contributed by atoms with E-state index < -0.39 is 12.0 Å². The van der Waals surface area contributed by atoms with Crippen LogP contribution in [0.5, 0.6) is 0 Å². The van der Waals surface area contributed by atoms with Crippen molar-refractivity contribution in [1.82, 2.24) is 5.32 Å². The Morgan fingerprint density at radius 3 is 2.95 bits per heavy atom. The highest BCUT2D eigenvalue weighted by Crippen LogP contribution is 2.20. The SMILES string of the molecule is C/C=C/CC(NC(=O)c1ccc2c(c1)CCC=C2)C(=O)O. The fraction of sp³-hybridized carbons (Fsp3) is 0.294. The zero-order valence-corrected chi connectivity index (χ0v) is 12.0. The fourth-order valence-corrected chi connectivity index (χ4v) is 2.31. The van der Waals surface area contributed by atoms with Gasteiger partial charge in [-0.1, -0.05) is 30.4 Å². The van der Waals surface area contributed by atoms with E-state index in [2.05, 4.69) is 11.4 Å². The van der Waals surface area contributed by atoms with Crippen LogP contribution in [0.15, 0.2) is 36.4 Å². The number of benzene rings is 1. The minimum absolute atomic E-state index is 0.283. The van der Waals surface area contributed by atoms with Crippen LogP contribution in [0.4, 0.5) is 0 Å². The number of aryl methyl sites for hydroxylation is 1. The summed E-state index contributed by atoms with van der Waals surface area (Å²) in [6, 6.07) is 4.59. The smallest absolute Gasteiger partial charge is 0.326 e. The summed E-state index contributed by atoms with van der Waals surface area (Å²) in [6.45, 7) is 1.82. The Labute approximate surface area is 124 Å². The highest BCUT2D eigenvalue weighted by molar-refractivity contribution is 5.97. The van der Waals surface area contributed by atoms with Crippen molar-refractivity contribution in [2.24, 2.45) is 0 Å². The molecule has 0 heterocycles. The zero-order chi connectivity index (χ0) is 15.2. The van der Waals surface area contributed by atoms with Crippen LogP contribution in [0.1, 0.15) is 41.3 Å². The molecule has 0 fully saturated rings. The molecule has 0 aromatic heterocycles. The molecule has 1 aliphatic rings. The number of carboxylic acid groups (broad SMARTS) is 1. The number of carbonyl (C=O) groups is 2. The van der Waals surface area contributed by atoms with Crippen LogP contribution in [0, 0.1) is 0 Å². The summed E-state index contributed by atoms with van der Waals surface area (Å²) in [6.07, 6.45) is 9.83. The highest BCUT2D eigenvalue weighted by Gasteiger charge is 2.19. The third kappa shape index (κ3) is 3.81. The minimum Gasteiger partial charge on any atom is -0.480 e. The molecule has 0 bridgehead atoms. The fourth-order valence-electron chi connectivity index (χ4n) is 2.31. The number of hydrogen-bond donors (Lipinski definition) is 2. The molecule has 4 heteroatoms. The number of amides is 1. The number of rotatable bonds is 5.